The summed E-state index contributed by atoms with van der Waals surface area (Å²) >= 11 is 0. The number of aryl methyl sites for hydroxylation is 1. The molecule has 0 aromatic heterocycles. The number of nitrogens with one attached hydrogen (secondary N) is 2. The Morgan fingerprint density at radius 3 is 2.68 bits per heavy atom. The van der Waals surface area contributed by atoms with Gasteiger partial charge < -0.3 is 25.2 Å². The molecule has 0 aliphatic carbocycles. The predicted octanol–water partition coefficient (Wildman–Crippen LogP) is 2.30. The van der Waals surface area contributed by atoms with Crippen molar-refractivity contribution in [3.63, 3.8) is 0 Å². The first-order chi connectivity index (χ1) is 12.1. The Morgan fingerprint density at radius 2 is 1.88 bits per heavy atom. The summed E-state index contributed by atoms with van der Waals surface area (Å²) < 4.78 is 11.0. The Labute approximate surface area is 146 Å². The zero-order valence-electron chi connectivity index (χ0n) is 14.1. The molecule has 1 aliphatic heterocycles. The summed E-state index contributed by atoms with van der Waals surface area (Å²) in [6, 6.07) is 12.8. The minimum absolute atomic E-state index is 0.151. The number of hydrogen-bond acceptors (Lipinski definition) is 4. The molecule has 0 spiro atoms. The first kappa shape index (κ1) is 17.1. The molecule has 6 heteroatoms. The maximum absolute atomic E-state index is 11.9. The highest BCUT2D eigenvalue weighted by Gasteiger charge is 2.13. The van der Waals surface area contributed by atoms with Crippen molar-refractivity contribution >= 4 is 6.03 Å². The van der Waals surface area contributed by atoms with Crippen molar-refractivity contribution in [2.24, 2.45) is 0 Å². The Balaban J connectivity index is 1.47. The average Bonchev–Trinajstić information content (AvgIpc) is 2.64. The standard InChI is InChI=1S/C19H22N2O4/c1-13-4-2-3-5-15(13)16(22)12-21-19(23)20-11-14-6-7-17-18(10-14)25-9-8-24-17/h2-7,10,16,22H,8-9,11-12H2,1H3,(H2,20,21,23). The van der Waals surface area contributed by atoms with Crippen molar-refractivity contribution in [3.8, 4) is 11.5 Å². The molecule has 0 saturated heterocycles. The Bertz CT molecular complexity index is 748. The van der Waals surface area contributed by atoms with Gasteiger partial charge in [-0.2, -0.15) is 0 Å². The fourth-order valence-electron chi connectivity index (χ4n) is 2.70. The van der Waals surface area contributed by atoms with Crippen molar-refractivity contribution in [2.45, 2.75) is 19.6 Å². The lowest BCUT2D eigenvalue weighted by Gasteiger charge is -2.19. The van der Waals surface area contributed by atoms with Crippen LogP contribution in [0.3, 0.4) is 0 Å². The normalized spacial score (nSPS) is 13.8. The van der Waals surface area contributed by atoms with Crippen molar-refractivity contribution in [1.82, 2.24) is 10.6 Å². The third kappa shape index (κ3) is 4.42. The van der Waals surface area contributed by atoms with E-state index in [9.17, 15) is 9.90 Å². The van der Waals surface area contributed by atoms with Crippen LogP contribution in [0.2, 0.25) is 0 Å². The first-order valence-electron chi connectivity index (χ1n) is 8.27. The van der Waals surface area contributed by atoms with Crippen LogP contribution < -0.4 is 20.1 Å². The van der Waals surface area contributed by atoms with E-state index in [2.05, 4.69) is 10.6 Å². The molecule has 1 unspecified atom stereocenters. The van der Waals surface area contributed by atoms with Crippen molar-refractivity contribution in [2.75, 3.05) is 19.8 Å². The highest BCUT2D eigenvalue weighted by Crippen LogP contribution is 2.30. The Kier molecular flexibility index (Phi) is 5.40. The molecule has 3 N–H and O–H groups in total. The Morgan fingerprint density at radius 1 is 1.12 bits per heavy atom. The lowest BCUT2D eigenvalue weighted by Crippen LogP contribution is -2.37. The molecule has 0 radical (unpaired) electrons. The molecule has 132 valence electrons. The molecule has 1 heterocycles. The number of fused-ring (bicyclic) bond motifs is 1. The average molecular weight is 342 g/mol. The van der Waals surface area contributed by atoms with Gasteiger partial charge in [-0.05, 0) is 35.7 Å². The van der Waals surface area contributed by atoms with Crippen molar-refractivity contribution in [1.29, 1.82) is 0 Å². The fraction of sp³-hybridized carbons (Fsp3) is 0.316. The first-order valence-corrected chi connectivity index (χ1v) is 8.27. The van der Waals surface area contributed by atoms with Gasteiger partial charge in [0.05, 0.1) is 6.10 Å². The number of hydrogen-bond donors (Lipinski definition) is 3. The Hall–Kier alpha value is -2.73. The van der Waals surface area contributed by atoms with E-state index in [1.54, 1.807) is 0 Å². The minimum atomic E-state index is -0.735. The van der Waals surface area contributed by atoms with Gasteiger partial charge in [-0.15, -0.1) is 0 Å². The molecule has 0 bridgehead atoms. The maximum Gasteiger partial charge on any atom is 0.315 e. The molecular weight excluding hydrogens is 320 g/mol. The molecule has 0 fully saturated rings. The number of urea groups is 1. The van der Waals surface area contributed by atoms with Crippen LogP contribution in [0, 0.1) is 6.92 Å². The van der Waals surface area contributed by atoms with Gasteiger partial charge in [-0.1, -0.05) is 30.3 Å². The number of benzene rings is 2. The maximum atomic E-state index is 11.9. The number of rotatable bonds is 5. The van der Waals surface area contributed by atoms with Crippen molar-refractivity contribution in [3.05, 3.63) is 59.2 Å². The van der Waals surface area contributed by atoms with Gasteiger partial charge in [0.15, 0.2) is 11.5 Å². The third-order valence-corrected chi connectivity index (χ3v) is 4.06. The molecule has 6 nitrogen and oxygen atoms in total. The van der Waals surface area contributed by atoms with Crippen LogP contribution in [0.1, 0.15) is 22.8 Å². The molecule has 3 rings (SSSR count). The highest BCUT2D eigenvalue weighted by molar-refractivity contribution is 5.73. The number of aliphatic hydroxyl groups is 1. The van der Waals surface area contributed by atoms with E-state index in [1.807, 2.05) is 49.4 Å². The molecule has 25 heavy (non-hydrogen) atoms. The summed E-state index contributed by atoms with van der Waals surface area (Å²) in [5, 5.41) is 15.6. The second-order valence-corrected chi connectivity index (χ2v) is 5.91. The number of carbonyl (C=O) groups excluding carboxylic acids is 1. The molecule has 1 aliphatic rings. The van der Waals surface area contributed by atoms with E-state index in [4.69, 9.17) is 9.47 Å². The number of amides is 2. The van der Waals surface area contributed by atoms with E-state index in [1.165, 1.54) is 0 Å². The number of ether oxygens (including phenoxy) is 2. The van der Waals surface area contributed by atoms with E-state index < -0.39 is 6.10 Å². The highest BCUT2D eigenvalue weighted by atomic mass is 16.6. The van der Waals surface area contributed by atoms with Crippen LogP contribution in [0.4, 0.5) is 4.79 Å². The van der Waals surface area contributed by atoms with Crippen LogP contribution >= 0.6 is 0 Å². The predicted molar refractivity (Wildman–Crippen MR) is 93.8 cm³/mol. The van der Waals surface area contributed by atoms with Crippen LogP contribution in [0.15, 0.2) is 42.5 Å². The van der Waals surface area contributed by atoms with Crippen LogP contribution in [0.25, 0.3) is 0 Å². The van der Waals surface area contributed by atoms with E-state index >= 15 is 0 Å². The van der Waals surface area contributed by atoms with E-state index in [-0.39, 0.29) is 12.6 Å². The topological polar surface area (TPSA) is 79.8 Å². The SMILES string of the molecule is Cc1ccccc1C(O)CNC(=O)NCc1ccc2c(c1)OCCO2. The minimum Gasteiger partial charge on any atom is -0.486 e. The van der Waals surface area contributed by atoms with Crippen molar-refractivity contribution < 1.29 is 19.4 Å². The monoisotopic (exact) mass is 342 g/mol. The van der Waals surface area contributed by atoms with E-state index in [0.717, 1.165) is 22.4 Å². The second kappa shape index (κ2) is 7.90. The summed E-state index contributed by atoms with van der Waals surface area (Å²) in [5.41, 5.74) is 2.72. The molecule has 2 aromatic rings. The van der Waals surface area contributed by atoms with Crippen LogP contribution in [-0.2, 0) is 6.54 Å². The summed E-state index contributed by atoms with van der Waals surface area (Å²) in [6.45, 7) is 3.53. The lowest BCUT2D eigenvalue weighted by atomic mass is 10.0. The van der Waals surface area contributed by atoms with Gasteiger partial charge in [-0.25, -0.2) is 4.79 Å². The second-order valence-electron chi connectivity index (χ2n) is 5.91. The smallest absolute Gasteiger partial charge is 0.315 e. The lowest BCUT2D eigenvalue weighted by molar-refractivity contribution is 0.171. The summed E-state index contributed by atoms with van der Waals surface area (Å²) in [6.07, 6.45) is -0.735. The van der Waals surface area contributed by atoms with Crippen LogP contribution in [0.5, 0.6) is 11.5 Å². The molecule has 2 aromatic carbocycles. The quantitative estimate of drug-likeness (QED) is 0.779. The third-order valence-electron chi connectivity index (χ3n) is 4.06. The largest absolute Gasteiger partial charge is 0.486 e. The molecule has 2 amide bonds. The fourth-order valence-corrected chi connectivity index (χ4v) is 2.70. The van der Waals surface area contributed by atoms with Gasteiger partial charge in [-0.3, -0.25) is 0 Å². The van der Waals surface area contributed by atoms with Gasteiger partial charge in [0.25, 0.3) is 0 Å². The van der Waals surface area contributed by atoms with Gasteiger partial charge in [0.2, 0.25) is 0 Å². The van der Waals surface area contributed by atoms with Gasteiger partial charge in [0, 0.05) is 13.1 Å². The summed E-state index contributed by atoms with van der Waals surface area (Å²) in [4.78, 5) is 11.9. The van der Waals surface area contributed by atoms with Gasteiger partial charge in [0.1, 0.15) is 13.2 Å². The summed E-state index contributed by atoms with van der Waals surface area (Å²) in [5.74, 6) is 1.42. The zero-order chi connectivity index (χ0) is 17.6. The number of carbonyl (C=O) groups is 1. The molecular formula is C19H22N2O4. The van der Waals surface area contributed by atoms with E-state index in [0.29, 0.717) is 25.5 Å². The van der Waals surface area contributed by atoms with Crippen LogP contribution in [-0.4, -0.2) is 30.9 Å². The molecule has 0 saturated carbocycles. The summed E-state index contributed by atoms with van der Waals surface area (Å²) in [7, 11) is 0. The zero-order valence-corrected chi connectivity index (χ0v) is 14.1. The van der Waals surface area contributed by atoms with Gasteiger partial charge >= 0.3 is 6.03 Å². The molecule has 1 atom stereocenters. The number of aliphatic hydroxyl groups excluding tert-OH is 1.